The van der Waals surface area contributed by atoms with Gasteiger partial charge in [-0.1, -0.05) is 66.7 Å². The maximum atomic E-state index is 13.3. The van der Waals surface area contributed by atoms with E-state index in [-0.39, 0.29) is 4.90 Å². The molecule has 1 amide bonds. The van der Waals surface area contributed by atoms with Gasteiger partial charge >= 0.3 is 0 Å². The molecule has 0 unspecified atom stereocenters. The van der Waals surface area contributed by atoms with Crippen LogP contribution >= 0.6 is 0 Å². The average Bonchev–Trinajstić information content (AvgIpc) is 2.69. The molecule has 3 aromatic rings. The van der Waals surface area contributed by atoms with Crippen molar-refractivity contribution in [3.05, 3.63) is 102 Å². The molecule has 4 nitrogen and oxygen atoms in total. The number of fused-ring (bicyclic) bond motifs is 1. The lowest BCUT2D eigenvalue weighted by atomic mass is 9.91. The van der Waals surface area contributed by atoms with E-state index in [2.05, 4.69) is 0 Å². The third-order valence-corrected chi connectivity index (χ3v) is 6.43. The van der Waals surface area contributed by atoms with Crippen molar-refractivity contribution >= 4 is 15.9 Å². The minimum Gasteiger partial charge on any atom is -0.268 e. The number of hydrogen-bond acceptors (Lipinski definition) is 3. The summed E-state index contributed by atoms with van der Waals surface area (Å²) in [6.45, 7) is 0. The van der Waals surface area contributed by atoms with Gasteiger partial charge in [0, 0.05) is 5.56 Å². The first kappa shape index (κ1) is 16.5. The highest BCUT2D eigenvalue weighted by molar-refractivity contribution is 7.89. The Bertz CT molecular complexity index is 1050. The molecule has 0 saturated carbocycles. The molecule has 0 aliphatic carbocycles. The third kappa shape index (κ3) is 2.70. The Hall–Kier alpha value is -2.92. The number of carbonyl (C=O) groups excluding carboxylic acids is 1. The Balaban J connectivity index is 1.90. The molecule has 26 heavy (non-hydrogen) atoms. The molecule has 1 aliphatic rings. The molecule has 130 valence electrons. The largest absolute Gasteiger partial charge is 0.268 e. The molecule has 0 N–H and O–H groups in total. The Morgan fingerprint density at radius 3 is 2.04 bits per heavy atom. The first-order valence-corrected chi connectivity index (χ1v) is 9.80. The number of benzene rings is 3. The van der Waals surface area contributed by atoms with Gasteiger partial charge in [-0.3, -0.25) is 4.79 Å². The summed E-state index contributed by atoms with van der Waals surface area (Å²) in [5.41, 5.74) is 2.11. The highest BCUT2D eigenvalue weighted by Gasteiger charge is 2.41. The standard InChI is InChI=1S/C21H17NO3S/c23-21-19-14-8-7-11-17(19)15-20(16-9-3-1-4-10-16)22(21)26(24,25)18-12-5-2-6-13-18/h1-14,20H,15H2/t20-/m1/s1. The molecular weight excluding hydrogens is 346 g/mol. The van der Waals surface area contributed by atoms with Gasteiger partial charge in [0.2, 0.25) is 0 Å². The number of rotatable bonds is 3. The molecule has 5 heteroatoms. The van der Waals surface area contributed by atoms with Gasteiger partial charge < -0.3 is 0 Å². The Kier molecular flexibility index (Phi) is 4.09. The quantitative estimate of drug-likeness (QED) is 0.711. The topological polar surface area (TPSA) is 54.5 Å². The van der Waals surface area contributed by atoms with Crippen LogP contribution in [0.3, 0.4) is 0 Å². The molecule has 1 atom stereocenters. The number of sulfonamides is 1. The summed E-state index contributed by atoms with van der Waals surface area (Å²) in [4.78, 5) is 13.3. The zero-order valence-electron chi connectivity index (χ0n) is 13.9. The monoisotopic (exact) mass is 363 g/mol. The summed E-state index contributed by atoms with van der Waals surface area (Å²) >= 11 is 0. The molecule has 0 aromatic heterocycles. The Morgan fingerprint density at radius 1 is 0.769 bits per heavy atom. The van der Waals surface area contributed by atoms with E-state index in [0.29, 0.717) is 12.0 Å². The van der Waals surface area contributed by atoms with Gasteiger partial charge in [-0.25, -0.2) is 12.7 Å². The van der Waals surface area contributed by atoms with E-state index in [0.717, 1.165) is 15.4 Å². The fraction of sp³-hybridized carbons (Fsp3) is 0.0952. The summed E-state index contributed by atoms with van der Waals surface area (Å²) in [5, 5.41) is 0. The minimum absolute atomic E-state index is 0.119. The van der Waals surface area contributed by atoms with E-state index in [4.69, 9.17) is 0 Å². The van der Waals surface area contributed by atoms with Crippen molar-refractivity contribution in [3.63, 3.8) is 0 Å². The summed E-state index contributed by atoms with van der Waals surface area (Å²) in [7, 11) is -3.97. The van der Waals surface area contributed by atoms with E-state index in [9.17, 15) is 13.2 Å². The molecule has 4 rings (SSSR count). The SMILES string of the molecule is O=C1c2ccccc2C[C@H](c2ccccc2)N1S(=O)(=O)c1ccccc1. The summed E-state index contributed by atoms with van der Waals surface area (Å²) in [5.74, 6) is -0.482. The molecule has 0 fully saturated rings. The number of nitrogens with zero attached hydrogens (tertiary/aromatic N) is 1. The first-order valence-electron chi connectivity index (χ1n) is 8.36. The van der Waals surface area contributed by atoms with Gasteiger partial charge in [0.25, 0.3) is 15.9 Å². The van der Waals surface area contributed by atoms with E-state index in [1.165, 1.54) is 12.1 Å². The van der Waals surface area contributed by atoms with Gasteiger partial charge in [-0.15, -0.1) is 0 Å². The van der Waals surface area contributed by atoms with Crippen LogP contribution < -0.4 is 0 Å². The van der Waals surface area contributed by atoms with Crippen LogP contribution in [-0.4, -0.2) is 18.6 Å². The first-order chi connectivity index (χ1) is 12.6. The maximum absolute atomic E-state index is 13.3. The molecule has 1 aliphatic heterocycles. The second kappa shape index (κ2) is 6.42. The lowest BCUT2D eigenvalue weighted by molar-refractivity contribution is 0.0800. The van der Waals surface area contributed by atoms with Crippen molar-refractivity contribution in [3.8, 4) is 0 Å². The highest BCUT2D eigenvalue weighted by Crippen LogP contribution is 2.37. The van der Waals surface area contributed by atoms with Crippen molar-refractivity contribution in [1.29, 1.82) is 0 Å². The van der Waals surface area contributed by atoms with E-state index in [1.807, 2.05) is 42.5 Å². The van der Waals surface area contributed by atoms with Crippen LogP contribution in [0.1, 0.15) is 27.5 Å². The molecule has 0 spiro atoms. The molecular formula is C21H17NO3S. The summed E-state index contributed by atoms with van der Waals surface area (Å²) < 4.78 is 27.6. The van der Waals surface area contributed by atoms with Crippen LogP contribution in [0.25, 0.3) is 0 Å². The van der Waals surface area contributed by atoms with Crippen LogP contribution in [0.4, 0.5) is 0 Å². The molecule has 0 radical (unpaired) electrons. The maximum Gasteiger partial charge on any atom is 0.268 e. The zero-order chi connectivity index (χ0) is 18.1. The van der Waals surface area contributed by atoms with Crippen molar-refractivity contribution in [2.75, 3.05) is 0 Å². The third-order valence-electron chi connectivity index (χ3n) is 4.63. The van der Waals surface area contributed by atoms with E-state index in [1.54, 1.807) is 30.3 Å². The van der Waals surface area contributed by atoms with E-state index < -0.39 is 22.0 Å². The van der Waals surface area contributed by atoms with Crippen molar-refractivity contribution in [2.45, 2.75) is 17.4 Å². The Labute approximate surface area is 152 Å². The van der Waals surface area contributed by atoms with E-state index >= 15 is 0 Å². The fourth-order valence-electron chi connectivity index (χ4n) is 3.37. The lowest BCUT2D eigenvalue weighted by Gasteiger charge is -2.36. The van der Waals surface area contributed by atoms with Crippen LogP contribution in [0.15, 0.2) is 89.8 Å². The van der Waals surface area contributed by atoms with Gasteiger partial charge in [0.1, 0.15) is 0 Å². The van der Waals surface area contributed by atoms with Gasteiger partial charge in [-0.05, 0) is 35.7 Å². The summed E-state index contributed by atoms with van der Waals surface area (Å²) in [6.07, 6.45) is 0.456. The minimum atomic E-state index is -3.97. The van der Waals surface area contributed by atoms with Crippen LogP contribution in [0.2, 0.25) is 0 Å². The van der Waals surface area contributed by atoms with Gasteiger partial charge in [0.05, 0.1) is 10.9 Å². The normalized spacial score (nSPS) is 17.0. The average molecular weight is 363 g/mol. The second-order valence-electron chi connectivity index (χ2n) is 6.21. The van der Waals surface area contributed by atoms with Crippen molar-refractivity contribution in [2.24, 2.45) is 0 Å². The van der Waals surface area contributed by atoms with Gasteiger partial charge in [-0.2, -0.15) is 0 Å². The molecule has 1 heterocycles. The molecule has 3 aromatic carbocycles. The lowest BCUT2D eigenvalue weighted by Crippen LogP contribution is -2.44. The Morgan fingerprint density at radius 2 is 1.35 bits per heavy atom. The van der Waals surface area contributed by atoms with Crippen molar-refractivity contribution < 1.29 is 13.2 Å². The zero-order valence-corrected chi connectivity index (χ0v) is 14.8. The van der Waals surface area contributed by atoms with Crippen LogP contribution in [-0.2, 0) is 16.4 Å². The fourth-order valence-corrected chi connectivity index (χ4v) is 4.95. The van der Waals surface area contributed by atoms with Gasteiger partial charge in [0.15, 0.2) is 0 Å². The highest BCUT2D eigenvalue weighted by atomic mass is 32.2. The predicted octanol–water partition coefficient (Wildman–Crippen LogP) is 3.82. The predicted molar refractivity (Wildman–Crippen MR) is 99.1 cm³/mol. The van der Waals surface area contributed by atoms with Crippen LogP contribution in [0.5, 0.6) is 0 Å². The molecule has 0 bridgehead atoms. The number of carbonyl (C=O) groups is 1. The van der Waals surface area contributed by atoms with Crippen LogP contribution in [0, 0.1) is 0 Å². The molecule has 0 saturated heterocycles. The smallest absolute Gasteiger partial charge is 0.268 e. The van der Waals surface area contributed by atoms with Crippen molar-refractivity contribution in [1.82, 2.24) is 4.31 Å². The number of amides is 1. The summed E-state index contributed by atoms with van der Waals surface area (Å²) in [6, 6.07) is 24.0. The second-order valence-corrected chi connectivity index (χ2v) is 8.02. The number of hydrogen-bond donors (Lipinski definition) is 0.